The van der Waals surface area contributed by atoms with Crippen LogP contribution < -0.4 is 5.32 Å². The van der Waals surface area contributed by atoms with E-state index in [9.17, 15) is 19.2 Å². The number of carbonyl (C=O) groups is 4. The Morgan fingerprint density at radius 1 is 1.14 bits per heavy atom. The van der Waals surface area contributed by atoms with Crippen molar-refractivity contribution in [3.8, 4) is 0 Å². The molecular weight excluding hydrogens is 280 g/mol. The van der Waals surface area contributed by atoms with Crippen molar-refractivity contribution in [2.75, 3.05) is 19.6 Å². The van der Waals surface area contributed by atoms with Gasteiger partial charge in [0.1, 0.15) is 17.9 Å². The lowest BCUT2D eigenvalue weighted by atomic mass is 10.2. The largest absolute Gasteiger partial charge is 0.480 e. The van der Waals surface area contributed by atoms with Crippen molar-refractivity contribution in [2.45, 2.75) is 39.7 Å². The summed E-state index contributed by atoms with van der Waals surface area (Å²) in [6.07, 6.45) is -0.772. The molecule has 0 aliphatic carbocycles. The van der Waals surface area contributed by atoms with Gasteiger partial charge in [-0.25, -0.2) is 4.79 Å². The van der Waals surface area contributed by atoms with Crippen molar-refractivity contribution < 1.29 is 29.0 Å². The Morgan fingerprint density at radius 2 is 1.71 bits per heavy atom. The van der Waals surface area contributed by atoms with Crippen LogP contribution in [-0.2, 0) is 19.1 Å². The number of carboxylic acid groups (broad SMARTS) is 1. The van der Waals surface area contributed by atoms with Crippen LogP contribution in [0, 0.1) is 0 Å². The van der Waals surface area contributed by atoms with E-state index in [4.69, 9.17) is 9.84 Å². The average Bonchev–Trinajstić information content (AvgIpc) is 2.23. The smallest absolute Gasteiger partial charge is 0.407 e. The van der Waals surface area contributed by atoms with Gasteiger partial charge in [-0.3, -0.25) is 14.4 Å². The second-order valence-electron chi connectivity index (χ2n) is 5.52. The monoisotopic (exact) mass is 302 g/mol. The lowest BCUT2D eigenvalue weighted by Gasteiger charge is -2.21. The normalized spacial score (nSPS) is 10.7. The molecule has 21 heavy (non-hydrogen) atoms. The van der Waals surface area contributed by atoms with Gasteiger partial charge in [-0.15, -0.1) is 0 Å². The zero-order valence-corrected chi connectivity index (χ0v) is 12.8. The van der Waals surface area contributed by atoms with Gasteiger partial charge in [0.15, 0.2) is 0 Å². The maximum Gasteiger partial charge on any atom is 0.407 e. The summed E-state index contributed by atoms with van der Waals surface area (Å²) in [6.45, 7) is 5.57. The maximum absolute atomic E-state index is 11.8. The molecule has 0 radical (unpaired) electrons. The molecule has 0 unspecified atom stereocenters. The Labute approximate surface area is 123 Å². The molecule has 0 rings (SSSR count). The molecule has 8 nitrogen and oxygen atoms in total. The van der Waals surface area contributed by atoms with Crippen LogP contribution in [0.25, 0.3) is 0 Å². The number of hydrogen-bond acceptors (Lipinski definition) is 5. The summed E-state index contributed by atoms with van der Waals surface area (Å²) < 4.78 is 4.99. The highest BCUT2D eigenvalue weighted by Gasteiger charge is 2.19. The number of aliphatic carboxylic acids is 1. The standard InChI is InChI=1S/C13H22N2O6/c1-9(16)7-15(8-11(18)19)10(17)5-6-14-12(20)21-13(2,3)4/h5-8H2,1-4H3,(H,14,20)(H,18,19). The molecule has 0 bridgehead atoms. The molecule has 0 aromatic carbocycles. The van der Waals surface area contributed by atoms with Gasteiger partial charge in [0.2, 0.25) is 5.91 Å². The number of nitrogens with one attached hydrogen (secondary N) is 1. The predicted molar refractivity (Wildman–Crippen MR) is 73.8 cm³/mol. The van der Waals surface area contributed by atoms with E-state index in [1.807, 2.05) is 0 Å². The lowest BCUT2D eigenvalue weighted by molar-refractivity contribution is -0.145. The second-order valence-corrected chi connectivity index (χ2v) is 5.52. The van der Waals surface area contributed by atoms with Gasteiger partial charge in [0, 0.05) is 13.0 Å². The van der Waals surface area contributed by atoms with Crippen LogP contribution in [0.3, 0.4) is 0 Å². The third-order valence-electron chi connectivity index (χ3n) is 2.10. The number of carbonyl (C=O) groups excluding carboxylic acids is 3. The fourth-order valence-electron chi connectivity index (χ4n) is 1.41. The molecule has 2 amide bonds. The fourth-order valence-corrected chi connectivity index (χ4v) is 1.41. The number of rotatable bonds is 7. The summed E-state index contributed by atoms with van der Waals surface area (Å²) in [6, 6.07) is 0. The highest BCUT2D eigenvalue weighted by molar-refractivity contribution is 5.87. The first-order chi connectivity index (χ1) is 9.51. The van der Waals surface area contributed by atoms with Crippen LogP contribution in [-0.4, -0.2) is 59.0 Å². The van der Waals surface area contributed by atoms with Gasteiger partial charge in [0.25, 0.3) is 0 Å². The highest BCUT2D eigenvalue weighted by Crippen LogP contribution is 2.06. The number of ether oxygens (including phenoxy) is 1. The van der Waals surface area contributed by atoms with Gasteiger partial charge < -0.3 is 20.1 Å². The van der Waals surface area contributed by atoms with E-state index in [2.05, 4.69) is 5.32 Å². The first-order valence-corrected chi connectivity index (χ1v) is 6.47. The molecule has 0 aromatic heterocycles. The SMILES string of the molecule is CC(=O)CN(CC(=O)O)C(=O)CCNC(=O)OC(C)(C)C. The second kappa shape index (κ2) is 8.23. The van der Waals surface area contributed by atoms with Crippen LogP contribution in [0.5, 0.6) is 0 Å². The van der Waals surface area contributed by atoms with E-state index in [-0.39, 0.29) is 25.3 Å². The Kier molecular flexibility index (Phi) is 7.40. The topological polar surface area (TPSA) is 113 Å². The van der Waals surface area contributed by atoms with E-state index in [1.54, 1.807) is 20.8 Å². The zero-order chi connectivity index (χ0) is 16.6. The molecule has 8 heteroatoms. The Balaban J connectivity index is 4.28. The van der Waals surface area contributed by atoms with Gasteiger partial charge >= 0.3 is 12.1 Å². The third kappa shape index (κ3) is 10.3. The Hall–Kier alpha value is -2.12. The number of hydrogen-bond donors (Lipinski definition) is 2. The number of ketones is 1. The molecule has 120 valence electrons. The molecule has 0 aliphatic rings. The van der Waals surface area contributed by atoms with Gasteiger partial charge in [-0.05, 0) is 27.7 Å². The molecule has 2 N–H and O–H groups in total. The Morgan fingerprint density at radius 3 is 2.14 bits per heavy atom. The van der Waals surface area contributed by atoms with Crippen LogP contribution in [0.15, 0.2) is 0 Å². The molecule has 0 heterocycles. The van der Waals surface area contributed by atoms with E-state index in [1.165, 1.54) is 6.92 Å². The van der Waals surface area contributed by atoms with Crippen LogP contribution in [0.2, 0.25) is 0 Å². The summed E-state index contributed by atoms with van der Waals surface area (Å²) >= 11 is 0. The molecule has 0 saturated carbocycles. The quantitative estimate of drug-likeness (QED) is 0.704. The first-order valence-electron chi connectivity index (χ1n) is 6.47. The summed E-state index contributed by atoms with van der Waals surface area (Å²) in [5.41, 5.74) is -0.641. The third-order valence-corrected chi connectivity index (χ3v) is 2.10. The van der Waals surface area contributed by atoms with Gasteiger partial charge in [0.05, 0.1) is 6.54 Å². The van der Waals surface area contributed by atoms with E-state index >= 15 is 0 Å². The van der Waals surface area contributed by atoms with Gasteiger partial charge in [-0.2, -0.15) is 0 Å². The lowest BCUT2D eigenvalue weighted by Crippen LogP contribution is -2.41. The van der Waals surface area contributed by atoms with Gasteiger partial charge in [-0.1, -0.05) is 0 Å². The summed E-state index contributed by atoms with van der Waals surface area (Å²) in [4.78, 5) is 45.7. The van der Waals surface area contributed by atoms with Crippen molar-refractivity contribution in [2.24, 2.45) is 0 Å². The van der Waals surface area contributed by atoms with Crippen molar-refractivity contribution in [1.29, 1.82) is 0 Å². The number of amides is 2. The summed E-state index contributed by atoms with van der Waals surface area (Å²) in [5.74, 6) is -2.04. The summed E-state index contributed by atoms with van der Waals surface area (Å²) in [7, 11) is 0. The highest BCUT2D eigenvalue weighted by atomic mass is 16.6. The predicted octanol–water partition coefficient (Wildman–Crippen LogP) is 0.403. The van der Waals surface area contributed by atoms with Crippen LogP contribution in [0.1, 0.15) is 34.1 Å². The minimum Gasteiger partial charge on any atom is -0.480 e. The Bertz CT molecular complexity index is 397. The van der Waals surface area contributed by atoms with Crippen molar-refractivity contribution in [3.05, 3.63) is 0 Å². The molecule has 0 fully saturated rings. The number of alkyl carbamates (subject to hydrolysis) is 1. The van der Waals surface area contributed by atoms with E-state index in [0.717, 1.165) is 4.90 Å². The molecule has 0 aliphatic heterocycles. The molecule has 0 spiro atoms. The molecule has 0 aromatic rings. The minimum absolute atomic E-state index is 0.00176. The maximum atomic E-state index is 11.8. The number of carboxylic acids is 1. The number of nitrogens with zero attached hydrogens (tertiary/aromatic N) is 1. The van der Waals surface area contributed by atoms with E-state index in [0.29, 0.717) is 0 Å². The van der Waals surface area contributed by atoms with Crippen LogP contribution in [0.4, 0.5) is 4.79 Å². The fraction of sp³-hybridized carbons (Fsp3) is 0.692. The van der Waals surface area contributed by atoms with Crippen LogP contribution >= 0.6 is 0 Å². The summed E-state index contributed by atoms with van der Waals surface area (Å²) in [5, 5.41) is 11.1. The molecule has 0 atom stereocenters. The van der Waals surface area contributed by atoms with Crippen molar-refractivity contribution >= 4 is 23.8 Å². The van der Waals surface area contributed by atoms with E-state index < -0.39 is 30.1 Å². The minimum atomic E-state index is -1.20. The molecular formula is C13H22N2O6. The number of Topliss-reactive ketones (excluding diaryl/α,β-unsaturated/α-hetero) is 1. The van der Waals surface area contributed by atoms with Crippen molar-refractivity contribution in [3.63, 3.8) is 0 Å². The zero-order valence-electron chi connectivity index (χ0n) is 12.8. The average molecular weight is 302 g/mol. The first kappa shape index (κ1) is 18.9. The van der Waals surface area contributed by atoms with Crippen molar-refractivity contribution in [1.82, 2.24) is 10.2 Å². The molecule has 0 saturated heterocycles.